The van der Waals surface area contributed by atoms with Crippen LogP contribution in [0.2, 0.25) is 0 Å². The maximum atomic E-state index is 15.7. The predicted octanol–water partition coefficient (Wildman–Crippen LogP) is 7.80. The number of amides is 1. The van der Waals surface area contributed by atoms with Crippen molar-refractivity contribution < 1.29 is 13.9 Å². The maximum absolute atomic E-state index is 15.7. The SMILES string of the molecule is C=CC(=O)NCc1ccc(-c2sc3c(-c4cnn(C(C)C)c4)cnc(N)c3c2-c2ccc(Oc3nccc(C)n3)c(F)c2)c(C)c1. The zero-order chi connectivity index (χ0) is 32.5. The minimum atomic E-state index is -0.571. The van der Waals surface area contributed by atoms with Gasteiger partial charge in [-0.05, 0) is 74.2 Å². The summed E-state index contributed by atoms with van der Waals surface area (Å²) in [5.74, 6) is -0.472. The van der Waals surface area contributed by atoms with E-state index in [2.05, 4.69) is 45.8 Å². The van der Waals surface area contributed by atoms with Gasteiger partial charge in [-0.2, -0.15) is 5.10 Å². The minimum absolute atomic E-state index is 0.00502. The van der Waals surface area contributed by atoms with Gasteiger partial charge in [-0.25, -0.2) is 19.3 Å². The molecule has 0 fully saturated rings. The van der Waals surface area contributed by atoms with Crippen molar-refractivity contribution in [2.24, 2.45) is 0 Å². The number of benzene rings is 2. The number of hydrogen-bond donors (Lipinski definition) is 2. The van der Waals surface area contributed by atoms with Gasteiger partial charge in [-0.1, -0.05) is 30.8 Å². The van der Waals surface area contributed by atoms with Crippen LogP contribution in [0.4, 0.5) is 10.2 Å². The number of nitrogens with one attached hydrogen (secondary N) is 1. The summed E-state index contributed by atoms with van der Waals surface area (Å²) in [6.45, 7) is 11.8. The van der Waals surface area contributed by atoms with Crippen LogP contribution < -0.4 is 15.8 Å². The van der Waals surface area contributed by atoms with Crippen molar-refractivity contribution in [2.45, 2.75) is 40.3 Å². The smallest absolute Gasteiger partial charge is 0.322 e. The van der Waals surface area contributed by atoms with Gasteiger partial charge in [0.05, 0.1) is 6.20 Å². The number of fused-ring (bicyclic) bond motifs is 1. The van der Waals surface area contributed by atoms with Crippen molar-refractivity contribution in [3.63, 3.8) is 0 Å². The normalized spacial score (nSPS) is 11.3. The van der Waals surface area contributed by atoms with Crippen LogP contribution in [0.3, 0.4) is 0 Å². The Kier molecular flexibility index (Phi) is 8.33. The molecule has 0 atom stereocenters. The standard InChI is InChI=1S/C35H32FN7O2S/c1-6-29(44)39-15-22-7-9-25(20(4)13-22)32-30(23-8-10-28(27(36)14-23)45-35-38-12-11-21(5)42-35)31-33(46-32)26(17-40-34(31)37)24-16-41-43(18-24)19(2)3/h6-14,16-19H,1,15H2,2-5H3,(H2,37,40)(H,39,44). The Labute approximate surface area is 269 Å². The van der Waals surface area contributed by atoms with Crippen LogP contribution >= 0.6 is 11.3 Å². The summed E-state index contributed by atoms with van der Waals surface area (Å²) < 4.78 is 24.2. The summed E-state index contributed by atoms with van der Waals surface area (Å²) in [6, 6.07) is 12.8. The highest BCUT2D eigenvalue weighted by atomic mass is 32.1. The van der Waals surface area contributed by atoms with Crippen molar-refractivity contribution in [3.05, 3.63) is 103 Å². The molecule has 11 heteroatoms. The van der Waals surface area contributed by atoms with E-state index in [1.165, 1.54) is 12.1 Å². The first-order valence-electron chi connectivity index (χ1n) is 14.7. The highest BCUT2D eigenvalue weighted by molar-refractivity contribution is 7.23. The molecule has 4 heterocycles. The van der Waals surface area contributed by atoms with E-state index in [1.54, 1.807) is 41.9 Å². The average Bonchev–Trinajstić information content (AvgIpc) is 3.68. The molecule has 0 aliphatic heterocycles. The van der Waals surface area contributed by atoms with Gasteiger partial charge in [0.2, 0.25) is 5.91 Å². The lowest BCUT2D eigenvalue weighted by molar-refractivity contribution is -0.116. The number of hydrogen-bond acceptors (Lipinski definition) is 8. The molecule has 0 saturated heterocycles. The van der Waals surface area contributed by atoms with E-state index < -0.39 is 5.82 Å². The van der Waals surface area contributed by atoms with Gasteiger partial charge in [0.25, 0.3) is 0 Å². The van der Waals surface area contributed by atoms with E-state index in [9.17, 15) is 4.79 Å². The molecule has 0 aliphatic carbocycles. The number of ether oxygens (including phenoxy) is 1. The van der Waals surface area contributed by atoms with Crippen LogP contribution in [0.1, 0.15) is 36.7 Å². The fourth-order valence-corrected chi connectivity index (χ4v) is 6.67. The predicted molar refractivity (Wildman–Crippen MR) is 180 cm³/mol. The van der Waals surface area contributed by atoms with Gasteiger partial charge in [0, 0.05) is 68.5 Å². The summed E-state index contributed by atoms with van der Waals surface area (Å²) in [6.07, 6.45) is 8.39. The van der Waals surface area contributed by atoms with Crippen molar-refractivity contribution in [2.75, 3.05) is 5.73 Å². The zero-order valence-corrected chi connectivity index (χ0v) is 26.7. The van der Waals surface area contributed by atoms with E-state index >= 15 is 4.39 Å². The monoisotopic (exact) mass is 633 g/mol. The van der Waals surface area contributed by atoms with Gasteiger partial charge in [0.1, 0.15) is 5.82 Å². The van der Waals surface area contributed by atoms with Crippen molar-refractivity contribution >= 4 is 33.1 Å². The molecular formula is C35H32FN7O2S. The number of thiophene rings is 1. The van der Waals surface area contributed by atoms with Crippen molar-refractivity contribution in [3.8, 4) is 44.5 Å². The third kappa shape index (κ3) is 5.96. The number of nitrogens with two attached hydrogens (primary N) is 1. The summed E-state index contributed by atoms with van der Waals surface area (Å²) >= 11 is 1.57. The molecule has 6 aromatic rings. The molecule has 232 valence electrons. The number of anilines is 1. The topological polar surface area (TPSA) is 121 Å². The second kappa shape index (κ2) is 12.5. The molecule has 1 amide bonds. The summed E-state index contributed by atoms with van der Waals surface area (Å²) in [5, 5.41) is 8.09. The molecule has 4 aromatic heterocycles. The lowest BCUT2D eigenvalue weighted by Crippen LogP contribution is -2.19. The Balaban J connectivity index is 1.52. The van der Waals surface area contributed by atoms with Gasteiger partial charge in [-0.15, -0.1) is 11.3 Å². The molecule has 0 radical (unpaired) electrons. The first-order chi connectivity index (χ1) is 22.1. The molecule has 46 heavy (non-hydrogen) atoms. The number of rotatable bonds is 9. The molecular weight excluding hydrogens is 601 g/mol. The van der Waals surface area contributed by atoms with Crippen LogP contribution in [0.15, 0.2) is 79.9 Å². The zero-order valence-electron chi connectivity index (χ0n) is 25.8. The van der Waals surface area contributed by atoms with E-state index in [4.69, 9.17) is 10.5 Å². The number of nitrogens with zero attached hydrogens (tertiary/aromatic N) is 5. The van der Waals surface area contributed by atoms with Crippen molar-refractivity contribution in [1.29, 1.82) is 0 Å². The number of nitrogen functional groups attached to an aromatic ring is 1. The fraction of sp³-hybridized carbons (Fsp3) is 0.171. The highest BCUT2D eigenvalue weighted by Crippen LogP contribution is 2.50. The summed E-state index contributed by atoms with van der Waals surface area (Å²) in [4.78, 5) is 25.6. The Morgan fingerprint density at radius 1 is 1.11 bits per heavy atom. The van der Waals surface area contributed by atoms with Crippen LogP contribution in [-0.2, 0) is 11.3 Å². The van der Waals surface area contributed by atoms with E-state index in [0.717, 1.165) is 48.3 Å². The average molecular weight is 634 g/mol. The quantitative estimate of drug-likeness (QED) is 0.156. The minimum Gasteiger partial charge on any atom is -0.421 e. The second-order valence-electron chi connectivity index (χ2n) is 11.2. The molecule has 0 saturated carbocycles. The Bertz CT molecular complexity index is 2120. The lowest BCUT2D eigenvalue weighted by Gasteiger charge is -2.12. The molecule has 6 rings (SSSR count). The van der Waals surface area contributed by atoms with Crippen LogP contribution in [0, 0.1) is 19.7 Å². The first kappa shape index (κ1) is 30.6. The van der Waals surface area contributed by atoms with Gasteiger partial charge >= 0.3 is 6.01 Å². The van der Waals surface area contributed by atoms with Gasteiger partial charge < -0.3 is 15.8 Å². The third-order valence-electron chi connectivity index (χ3n) is 7.57. The Morgan fingerprint density at radius 2 is 1.93 bits per heavy atom. The van der Waals surface area contributed by atoms with Crippen molar-refractivity contribution in [1.82, 2.24) is 30.0 Å². The number of pyridine rings is 1. The molecule has 0 spiro atoms. The number of aryl methyl sites for hydroxylation is 2. The van der Waals surface area contributed by atoms with Gasteiger partial charge in [-0.3, -0.25) is 9.48 Å². The lowest BCUT2D eigenvalue weighted by atomic mass is 9.95. The summed E-state index contributed by atoms with van der Waals surface area (Å²) in [7, 11) is 0. The largest absolute Gasteiger partial charge is 0.421 e. The molecule has 0 bridgehead atoms. The maximum Gasteiger partial charge on any atom is 0.322 e. The Morgan fingerprint density at radius 3 is 2.63 bits per heavy atom. The molecule has 9 nitrogen and oxygen atoms in total. The fourth-order valence-electron chi connectivity index (χ4n) is 5.22. The van der Waals surface area contributed by atoms with Crippen LogP contribution in [0.5, 0.6) is 11.8 Å². The van der Waals surface area contributed by atoms with Gasteiger partial charge in [0.15, 0.2) is 11.6 Å². The van der Waals surface area contributed by atoms with E-state index in [-0.39, 0.29) is 23.7 Å². The Hall–Kier alpha value is -5.42. The number of carbonyl (C=O) groups is 1. The second-order valence-corrected chi connectivity index (χ2v) is 12.2. The number of aromatic nitrogens is 5. The highest BCUT2D eigenvalue weighted by Gasteiger charge is 2.24. The molecule has 0 unspecified atom stereocenters. The van der Waals surface area contributed by atoms with E-state index in [0.29, 0.717) is 23.6 Å². The third-order valence-corrected chi connectivity index (χ3v) is 8.82. The first-order valence-corrected chi connectivity index (χ1v) is 15.5. The van der Waals surface area contributed by atoms with Crippen LogP contribution in [-0.4, -0.2) is 30.6 Å². The molecule has 0 aliphatic rings. The number of carbonyl (C=O) groups excluding carboxylic acids is 1. The number of halogens is 1. The van der Waals surface area contributed by atoms with Crippen LogP contribution in [0.25, 0.3) is 42.8 Å². The molecule has 2 aromatic carbocycles. The summed E-state index contributed by atoms with van der Waals surface area (Å²) in [5.41, 5.74) is 13.3. The van der Waals surface area contributed by atoms with E-state index in [1.807, 2.05) is 49.1 Å². The molecule has 3 N–H and O–H groups in total.